The van der Waals surface area contributed by atoms with Crippen molar-refractivity contribution in [1.29, 1.82) is 0 Å². The zero-order chi connectivity index (χ0) is 26.3. The number of carbonyl (C=O) groups excluding carboxylic acids is 2. The maximum absolute atomic E-state index is 13.7. The van der Waals surface area contributed by atoms with Crippen LogP contribution in [-0.4, -0.2) is 62.2 Å². The lowest BCUT2D eigenvalue weighted by molar-refractivity contribution is -0.139. The Kier molecular flexibility index (Phi) is 9.76. The number of nitrogens with zero attached hydrogens (tertiary/aromatic N) is 3. The van der Waals surface area contributed by atoms with Crippen LogP contribution in [0.15, 0.2) is 54.6 Å². The van der Waals surface area contributed by atoms with Crippen LogP contribution in [-0.2, 0) is 26.3 Å². The predicted octanol–water partition coefficient (Wildman–Crippen LogP) is 3.82. The van der Waals surface area contributed by atoms with Gasteiger partial charge in [0.05, 0.1) is 5.69 Å². The average molecular weight is 535 g/mol. The van der Waals surface area contributed by atoms with Gasteiger partial charge in [-0.1, -0.05) is 67.3 Å². The molecule has 1 fully saturated rings. The number of anilines is 1. The van der Waals surface area contributed by atoms with Crippen molar-refractivity contribution in [3.8, 4) is 0 Å². The van der Waals surface area contributed by atoms with Crippen LogP contribution in [0, 0.1) is 0 Å². The summed E-state index contributed by atoms with van der Waals surface area (Å²) < 4.78 is 28.4. The molecule has 196 valence electrons. The Labute approximate surface area is 219 Å². The lowest BCUT2D eigenvalue weighted by Crippen LogP contribution is -2.53. The quantitative estimate of drug-likeness (QED) is 0.502. The third-order valence-electron chi connectivity index (χ3n) is 6.48. The Hall–Kier alpha value is -2.62. The Bertz CT molecular complexity index is 1140. The third-order valence-corrected chi connectivity index (χ3v) is 8.67. The second-order valence-corrected chi connectivity index (χ2v) is 11.7. The maximum Gasteiger partial charge on any atom is 0.304 e. The largest absolute Gasteiger partial charge is 0.352 e. The second-order valence-electron chi connectivity index (χ2n) is 9.26. The smallest absolute Gasteiger partial charge is 0.304 e. The highest BCUT2D eigenvalue weighted by atomic mass is 35.5. The minimum Gasteiger partial charge on any atom is -0.352 e. The highest BCUT2D eigenvalue weighted by Gasteiger charge is 2.33. The number of amides is 2. The van der Waals surface area contributed by atoms with E-state index in [4.69, 9.17) is 11.6 Å². The summed E-state index contributed by atoms with van der Waals surface area (Å²) in [4.78, 5) is 28.3. The molecule has 1 aliphatic rings. The first-order valence-corrected chi connectivity index (χ1v) is 14.0. The molecule has 0 aliphatic heterocycles. The fourth-order valence-electron chi connectivity index (χ4n) is 4.27. The van der Waals surface area contributed by atoms with Gasteiger partial charge in [-0.3, -0.25) is 9.59 Å². The number of nitrogens with one attached hydrogen (secondary N) is 1. The molecule has 2 amide bonds. The topological polar surface area (TPSA) is 90.0 Å². The fraction of sp³-hybridized carbons (Fsp3) is 0.462. The molecule has 10 heteroatoms. The average Bonchev–Trinajstić information content (AvgIpc) is 2.87. The van der Waals surface area contributed by atoms with Crippen LogP contribution in [0.3, 0.4) is 0 Å². The summed E-state index contributed by atoms with van der Waals surface area (Å²) in [7, 11) is -1.15. The van der Waals surface area contributed by atoms with Gasteiger partial charge < -0.3 is 10.2 Å². The van der Waals surface area contributed by atoms with Gasteiger partial charge in [0.25, 0.3) is 0 Å². The summed E-state index contributed by atoms with van der Waals surface area (Å²) in [6, 6.07) is 14.8. The summed E-state index contributed by atoms with van der Waals surface area (Å²) in [5, 5.41) is 3.55. The molecule has 1 atom stereocenters. The summed E-state index contributed by atoms with van der Waals surface area (Å²) >= 11 is 6.38. The van der Waals surface area contributed by atoms with Gasteiger partial charge in [0.15, 0.2) is 0 Å². The monoisotopic (exact) mass is 534 g/mol. The van der Waals surface area contributed by atoms with Gasteiger partial charge in [0.1, 0.15) is 12.6 Å². The highest BCUT2D eigenvalue weighted by Crippen LogP contribution is 2.23. The van der Waals surface area contributed by atoms with E-state index < -0.39 is 28.7 Å². The maximum atomic E-state index is 13.7. The van der Waals surface area contributed by atoms with E-state index in [1.807, 2.05) is 6.07 Å². The van der Waals surface area contributed by atoms with Gasteiger partial charge in [-0.2, -0.15) is 12.7 Å². The Morgan fingerprint density at radius 2 is 1.61 bits per heavy atom. The summed E-state index contributed by atoms with van der Waals surface area (Å²) in [6.45, 7) is 1.28. The first-order chi connectivity index (χ1) is 17.1. The molecule has 1 N–H and O–H groups in total. The lowest BCUT2D eigenvalue weighted by Gasteiger charge is -2.34. The van der Waals surface area contributed by atoms with E-state index in [0.29, 0.717) is 16.3 Å². The highest BCUT2D eigenvalue weighted by molar-refractivity contribution is 7.90. The number of hydrogen-bond donors (Lipinski definition) is 1. The van der Waals surface area contributed by atoms with E-state index in [1.54, 1.807) is 55.5 Å². The third kappa shape index (κ3) is 6.99. The summed E-state index contributed by atoms with van der Waals surface area (Å²) in [5.74, 6) is -0.764. The van der Waals surface area contributed by atoms with Gasteiger partial charge >= 0.3 is 10.2 Å². The molecule has 0 radical (unpaired) electrons. The van der Waals surface area contributed by atoms with Crippen LogP contribution in [0.5, 0.6) is 0 Å². The number of halogens is 1. The molecule has 1 aliphatic carbocycles. The number of para-hydroxylation sites is 1. The molecule has 0 saturated heterocycles. The van der Waals surface area contributed by atoms with Crippen molar-refractivity contribution >= 4 is 39.3 Å². The zero-order valence-corrected chi connectivity index (χ0v) is 22.6. The Balaban J connectivity index is 1.90. The van der Waals surface area contributed by atoms with Gasteiger partial charge in [-0.25, -0.2) is 4.31 Å². The first kappa shape index (κ1) is 28.0. The van der Waals surface area contributed by atoms with E-state index in [9.17, 15) is 18.0 Å². The molecule has 8 nitrogen and oxygen atoms in total. The Morgan fingerprint density at radius 1 is 1.00 bits per heavy atom. The van der Waals surface area contributed by atoms with Crippen molar-refractivity contribution in [2.75, 3.05) is 24.9 Å². The zero-order valence-electron chi connectivity index (χ0n) is 21.1. The standard InChI is InChI=1S/C26H35ClN4O4S/c1-20(26(33)28-22-13-6-4-7-14-22)30(18-21-12-10-11-17-24(21)27)25(32)19-31(36(34,35)29(2)3)23-15-8-5-9-16-23/h5,8-12,15-17,20,22H,4,6-7,13-14,18-19H2,1-3H3,(H,28,33)/t20-/m1/s1. The molecule has 0 aromatic heterocycles. The van der Waals surface area contributed by atoms with Crippen LogP contribution in [0.2, 0.25) is 5.02 Å². The summed E-state index contributed by atoms with van der Waals surface area (Å²) in [5.41, 5.74) is 1.03. The summed E-state index contributed by atoms with van der Waals surface area (Å²) in [6.07, 6.45) is 5.13. The van der Waals surface area contributed by atoms with E-state index in [0.717, 1.165) is 40.7 Å². The van der Waals surface area contributed by atoms with Crippen LogP contribution in [0.1, 0.15) is 44.6 Å². The molecule has 0 unspecified atom stereocenters. The van der Waals surface area contributed by atoms with Gasteiger partial charge in [-0.15, -0.1) is 0 Å². The van der Waals surface area contributed by atoms with E-state index in [2.05, 4.69) is 5.32 Å². The molecular weight excluding hydrogens is 500 g/mol. The molecular formula is C26H35ClN4O4S. The van der Waals surface area contributed by atoms with Gasteiger partial charge in [0, 0.05) is 31.7 Å². The van der Waals surface area contributed by atoms with Crippen LogP contribution >= 0.6 is 11.6 Å². The van der Waals surface area contributed by atoms with E-state index in [-0.39, 0.29) is 18.5 Å². The predicted molar refractivity (Wildman–Crippen MR) is 143 cm³/mol. The first-order valence-electron chi connectivity index (χ1n) is 12.2. The molecule has 36 heavy (non-hydrogen) atoms. The van der Waals surface area contributed by atoms with Crippen LogP contribution in [0.25, 0.3) is 0 Å². The van der Waals surface area contributed by atoms with Crippen LogP contribution in [0.4, 0.5) is 5.69 Å². The minimum atomic E-state index is -3.98. The number of carbonyl (C=O) groups is 2. The van der Waals surface area contributed by atoms with Crippen molar-refractivity contribution < 1.29 is 18.0 Å². The van der Waals surface area contributed by atoms with Gasteiger partial charge in [-0.05, 0) is 43.5 Å². The SMILES string of the molecule is C[C@H](C(=O)NC1CCCCC1)N(Cc1ccccc1Cl)C(=O)CN(c1ccccc1)S(=O)(=O)N(C)C. The van der Waals surface area contributed by atoms with Crippen LogP contribution < -0.4 is 9.62 Å². The molecule has 3 rings (SSSR count). The lowest BCUT2D eigenvalue weighted by atomic mass is 9.95. The molecule has 0 bridgehead atoms. The van der Waals surface area contributed by atoms with E-state index >= 15 is 0 Å². The normalized spacial score (nSPS) is 15.4. The van der Waals surface area contributed by atoms with Crippen molar-refractivity contribution in [3.63, 3.8) is 0 Å². The molecule has 1 saturated carbocycles. The minimum absolute atomic E-state index is 0.0718. The van der Waals surface area contributed by atoms with Crippen molar-refractivity contribution in [3.05, 3.63) is 65.2 Å². The fourth-order valence-corrected chi connectivity index (χ4v) is 5.52. The van der Waals surface area contributed by atoms with Gasteiger partial charge in [0.2, 0.25) is 11.8 Å². The molecule has 2 aromatic rings. The second kappa shape index (κ2) is 12.6. The number of hydrogen-bond acceptors (Lipinski definition) is 4. The van der Waals surface area contributed by atoms with E-state index in [1.165, 1.54) is 19.0 Å². The van der Waals surface area contributed by atoms with Crippen molar-refractivity contribution in [2.45, 2.75) is 57.7 Å². The molecule has 0 heterocycles. The number of benzene rings is 2. The van der Waals surface area contributed by atoms with Crippen molar-refractivity contribution in [1.82, 2.24) is 14.5 Å². The number of rotatable bonds is 10. The molecule has 0 spiro atoms. The molecule has 2 aromatic carbocycles. The van der Waals surface area contributed by atoms with Crippen molar-refractivity contribution in [2.24, 2.45) is 0 Å². The Morgan fingerprint density at radius 3 is 2.22 bits per heavy atom.